The van der Waals surface area contributed by atoms with E-state index in [1.807, 2.05) is 12.1 Å². The van der Waals surface area contributed by atoms with Crippen LogP contribution < -0.4 is 5.32 Å². The molecule has 1 aromatic rings. The van der Waals surface area contributed by atoms with Crippen LogP contribution in [0, 0.1) is 6.92 Å². The van der Waals surface area contributed by atoms with Gasteiger partial charge in [-0.2, -0.15) is 0 Å². The second-order valence-electron chi connectivity index (χ2n) is 2.85. The molecule has 0 saturated carbocycles. The average molecular weight is 167 g/mol. The molecule has 0 heterocycles. The number of rotatable bonds is 4. The van der Waals surface area contributed by atoms with E-state index in [1.54, 1.807) is 0 Å². The fourth-order valence-electron chi connectivity index (χ4n) is 1.12. The maximum absolute atomic E-state index is 11.7. The molecule has 12 heavy (non-hydrogen) atoms. The van der Waals surface area contributed by atoms with Gasteiger partial charge in [-0.15, -0.1) is 0 Å². The number of alkyl halides is 1. The van der Waals surface area contributed by atoms with Crippen LogP contribution in [0.5, 0.6) is 0 Å². The largest absolute Gasteiger partial charge is 0.310 e. The summed E-state index contributed by atoms with van der Waals surface area (Å²) in [5.74, 6) is 0. The van der Waals surface area contributed by atoms with Crippen molar-refractivity contribution in [2.45, 2.75) is 13.5 Å². The molecule has 2 heteroatoms. The monoisotopic (exact) mass is 167 g/mol. The number of halogens is 1. The Balaban J connectivity index is 2.41. The van der Waals surface area contributed by atoms with Gasteiger partial charge in [0.1, 0.15) is 6.67 Å². The molecule has 0 unspecified atom stereocenters. The summed E-state index contributed by atoms with van der Waals surface area (Å²) >= 11 is 0. The molecule has 0 atom stereocenters. The Kier molecular flexibility index (Phi) is 3.74. The van der Waals surface area contributed by atoms with E-state index < -0.39 is 0 Å². The molecule has 0 radical (unpaired) electrons. The predicted octanol–water partition coefficient (Wildman–Crippen LogP) is 2.05. The van der Waals surface area contributed by atoms with Crippen molar-refractivity contribution in [1.29, 1.82) is 0 Å². The van der Waals surface area contributed by atoms with Crippen molar-refractivity contribution in [1.82, 2.24) is 5.32 Å². The van der Waals surface area contributed by atoms with E-state index in [9.17, 15) is 4.39 Å². The van der Waals surface area contributed by atoms with Crippen LogP contribution in [-0.2, 0) is 6.54 Å². The van der Waals surface area contributed by atoms with Gasteiger partial charge in [-0.1, -0.05) is 29.8 Å². The van der Waals surface area contributed by atoms with Crippen LogP contribution in [0.1, 0.15) is 11.1 Å². The van der Waals surface area contributed by atoms with Crippen LogP contribution in [0.15, 0.2) is 24.3 Å². The van der Waals surface area contributed by atoms with Crippen LogP contribution in [0.25, 0.3) is 0 Å². The minimum atomic E-state index is -0.300. The minimum Gasteiger partial charge on any atom is -0.310 e. The van der Waals surface area contributed by atoms with Crippen molar-refractivity contribution in [3.63, 3.8) is 0 Å². The summed E-state index contributed by atoms with van der Waals surface area (Å²) in [4.78, 5) is 0. The molecule has 0 aliphatic heterocycles. The molecule has 0 fully saturated rings. The third-order valence-electron chi connectivity index (χ3n) is 1.68. The topological polar surface area (TPSA) is 12.0 Å². The lowest BCUT2D eigenvalue weighted by Crippen LogP contribution is -2.15. The molecule has 66 valence electrons. The maximum atomic E-state index is 11.7. The number of hydrogen-bond acceptors (Lipinski definition) is 1. The van der Waals surface area contributed by atoms with E-state index in [-0.39, 0.29) is 6.67 Å². The summed E-state index contributed by atoms with van der Waals surface area (Å²) in [5, 5.41) is 3.00. The summed E-state index contributed by atoms with van der Waals surface area (Å²) < 4.78 is 11.7. The third kappa shape index (κ3) is 3.01. The number of benzene rings is 1. The lowest BCUT2D eigenvalue weighted by Gasteiger charge is -2.02. The van der Waals surface area contributed by atoms with Gasteiger partial charge in [0.15, 0.2) is 0 Å². The Morgan fingerprint density at radius 1 is 1.42 bits per heavy atom. The Labute approximate surface area is 72.6 Å². The molecular formula is C10H14FN. The van der Waals surface area contributed by atoms with Gasteiger partial charge in [0.05, 0.1) is 0 Å². The number of aryl methyl sites for hydroxylation is 1. The van der Waals surface area contributed by atoms with Gasteiger partial charge < -0.3 is 5.32 Å². The molecule has 0 saturated heterocycles. The summed E-state index contributed by atoms with van der Waals surface area (Å²) in [6.07, 6.45) is 0. The summed E-state index contributed by atoms with van der Waals surface area (Å²) in [5.41, 5.74) is 2.46. The van der Waals surface area contributed by atoms with Crippen LogP contribution in [-0.4, -0.2) is 13.2 Å². The van der Waals surface area contributed by atoms with E-state index in [0.29, 0.717) is 6.54 Å². The first kappa shape index (κ1) is 9.20. The standard InChI is InChI=1S/C10H14FN/c1-9-3-2-4-10(7-9)8-12-6-5-11/h2-4,7,12H,5-6,8H2,1H3. The lowest BCUT2D eigenvalue weighted by atomic mass is 10.1. The normalized spacial score (nSPS) is 10.2. The predicted molar refractivity (Wildman–Crippen MR) is 48.9 cm³/mol. The molecule has 1 aromatic carbocycles. The maximum Gasteiger partial charge on any atom is 0.102 e. The van der Waals surface area contributed by atoms with Crippen molar-refractivity contribution < 1.29 is 4.39 Å². The van der Waals surface area contributed by atoms with Gasteiger partial charge in [0, 0.05) is 13.1 Å². The molecule has 0 amide bonds. The van der Waals surface area contributed by atoms with E-state index >= 15 is 0 Å². The zero-order valence-electron chi connectivity index (χ0n) is 7.31. The van der Waals surface area contributed by atoms with Gasteiger partial charge in [-0.3, -0.25) is 0 Å². The van der Waals surface area contributed by atoms with Crippen LogP contribution >= 0.6 is 0 Å². The smallest absolute Gasteiger partial charge is 0.102 e. The first-order valence-electron chi connectivity index (χ1n) is 4.15. The van der Waals surface area contributed by atoms with Gasteiger partial charge in [0.2, 0.25) is 0 Å². The van der Waals surface area contributed by atoms with Gasteiger partial charge in [0.25, 0.3) is 0 Å². The minimum absolute atomic E-state index is 0.300. The SMILES string of the molecule is Cc1cccc(CNCCF)c1. The highest BCUT2D eigenvalue weighted by atomic mass is 19.1. The van der Waals surface area contributed by atoms with Crippen molar-refractivity contribution in [3.8, 4) is 0 Å². The zero-order chi connectivity index (χ0) is 8.81. The number of nitrogens with one attached hydrogen (secondary N) is 1. The highest BCUT2D eigenvalue weighted by Crippen LogP contribution is 2.02. The second-order valence-corrected chi connectivity index (χ2v) is 2.85. The summed E-state index contributed by atoms with van der Waals surface area (Å²) in [6, 6.07) is 8.21. The van der Waals surface area contributed by atoms with Crippen molar-refractivity contribution in [3.05, 3.63) is 35.4 Å². The first-order valence-corrected chi connectivity index (χ1v) is 4.15. The Bertz CT molecular complexity index is 235. The Hall–Kier alpha value is -0.890. The number of hydrogen-bond donors (Lipinski definition) is 1. The fourth-order valence-corrected chi connectivity index (χ4v) is 1.12. The highest BCUT2D eigenvalue weighted by molar-refractivity contribution is 5.21. The van der Waals surface area contributed by atoms with Gasteiger partial charge in [-0.05, 0) is 12.5 Å². The van der Waals surface area contributed by atoms with Crippen LogP contribution in [0.2, 0.25) is 0 Å². The van der Waals surface area contributed by atoms with E-state index in [0.717, 1.165) is 6.54 Å². The summed E-state index contributed by atoms with van der Waals surface area (Å²) in [6.45, 7) is 2.95. The Morgan fingerprint density at radius 3 is 2.92 bits per heavy atom. The van der Waals surface area contributed by atoms with Crippen molar-refractivity contribution >= 4 is 0 Å². The molecule has 1 rings (SSSR count). The van der Waals surface area contributed by atoms with E-state index in [2.05, 4.69) is 24.4 Å². The molecule has 0 aromatic heterocycles. The first-order chi connectivity index (χ1) is 5.83. The Morgan fingerprint density at radius 2 is 2.25 bits per heavy atom. The quantitative estimate of drug-likeness (QED) is 0.677. The molecule has 0 bridgehead atoms. The van der Waals surface area contributed by atoms with Gasteiger partial charge >= 0.3 is 0 Å². The molecule has 1 N–H and O–H groups in total. The molecule has 0 aliphatic rings. The van der Waals surface area contributed by atoms with Gasteiger partial charge in [-0.25, -0.2) is 4.39 Å². The van der Waals surface area contributed by atoms with E-state index in [1.165, 1.54) is 11.1 Å². The molecule has 0 spiro atoms. The summed E-state index contributed by atoms with van der Waals surface area (Å²) in [7, 11) is 0. The third-order valence-corrected chi connectivity index (χ3v) is 1.68. The average Bonchev–Trinajstić information content (AvgIpc) is 2.05. The van der Waals surface area contributed by atoms with Crippen molar-refractivity contribution in [2.24, 2.45) is 0 Å². The molecular weight excluding hydrogens is 153 g/mol. The van der Waals surface area contributed by atoms with Crippen molar-refractivity contribution in [2.75, 3.05) is 13.2 Å². The van der Waals surface area contributed by atoms with Crippen LogP contribution in [0.4, 0.5) is 4.39 Å². The zero-order valence-corrected chi connectivity index (χ0v) is 7.31. The molecule has 0 aliphatic carbocycles. The van der Waals surface area contributed by atoms with E-state index in [4.69, 9.17) is 0 Å². The lowest BCUT2D eigenvalue weighted by molar-refractivity contribution is 0.467. The highest BCUT2D eigenvalue weighted by Gasteiger charge is 1.91. The van der Waals surface area contributed by atoms with Crippen LogP contribution in [0.3, 0.4) is 0 Å². The molecule has 1 nitrogen and oxygen atoms in total. The second kappa shape index (κ2) is 4.88. The fraction of sp³-hybridized carbons (Fsp3) is 0.400.